The van der Waals surface area contributed by atoms with Crippen molar-refractivity contribution in [1.29, 1.82) is 0 Å². The lowest BCUT2D eigenvalue weighted by molar-refractivity contribution is -0.384. The van der Waals surface area contributed by atoms with E-state index in [-0.39, 0.29) is 27.7 Å². The SMILES string of the molecule is Cc1ccc(-c2ccc(C(=O)Nc3ccc(S(N)(=O)=O)cc3)o2)c([N+](=O)[O-])c1. The summed E-state index contributed by atoms with van der Waals surface area (Å²) in [5, 5.41) is 18.8. The zero-order chi connectivity index (χ0) is 20.5. The van der Waals surface area contributed by atoms with Gasteiger partial charge in [-0.05, 0) is 55.0 Å². The fourth-order valence-corrected chi connectivity index (χ4v) is 3.04. The average Bonchev–Trinajstić information content (AvgIpc) is 3.11. The number of carbonyl (C=O) groups is 1. The molecule has 0 fully saturated rings. The zero-order valence-electron chi connectivity index (χ0n) is 14.6. The van der Waals surface area contributed by atoms with Gasteiger partial charge in [0.2, 0.25) is 10.0 Å². The molecule has 1 heterocycles. The van der Waals surface area contributed by atoms with Crippen LogP contribution in [0.3, 0.4) is 0 Å². The molecular weight excluding hydrogens is 386 g/mol. The number of nitrogens with two attached hydrogens (primary N) is 1. The molecule has 10 heteroatoms. The van der Waals surface area contributed by atoms with Gasteiger partial charge in [-0.25, -0.2) is 13.6 Å². The second kappa shape index (κ2) is 7.25. The van der Waals surface area contributed by atoms with E-state index in [1.807, 2.05) is 0 Å². The number of hydrogen-bond acceptors (Lipinski definition) is 6. The predicted molar refractivity (Wildman–Crippen MR) is 101 cm³/mol. The number of amides is 1. The van der Waals surface area contributed by atoms with Crippen LogP contribution in [0.25, 0.3) is 11.3 Å². The van der Waals surface area contributed by atoms with Crippen LogP contribution < -0.4 is 10.5 Å². The highest BCUT2D eigenvalue weighted by atomic mass is 32.2. The van der Waals surface area contributed by atoms with Crippen LogP contribution in [0.4, 0.5) is 11.4 Å². The number of nitro groups is 1. The lowest BCUT2D eigenvalue weighted by Crippen LogP contribution is -2.13. The molecule has 3 rings (SSSR count). The number of primary sulfonamides is 1. The van der Waals surface area contributed by atoms with E-state index in [1.54, 1.807) is 19.1 Å². The molecule has 1 aromatic heterocycles. The summed E-state index contributed by atoms with van der Waals surface area (Å²) in [7, 11) is -3.83. The van der Waals surface area contributed by atoms with E-state index in [9.17, 15) is 23.3 Å². The van der Waals surface area contributed by atoms with Gasteiger partial charge in [0.1, 0.15) is 5.76 Å². The second-order valence-electron chi connectivity index (χ2n) is 5.97. The number of benzene rings is 2. The number of nitro benzene ring substituents is 1. The first kappa shape index (κ1) is 19.3. The van der Waals surface area contributed by atoms with Gasteiger partial charge >= 0.3 is 0 Å². The van der Waals surface area contributed by atoms with E-state index in [1.165, 1.54) is 42.5 Å². The minimum absolute atomic E-state index is 0.0552. The second-order valence-corrected chi connectivity index (χ2v) is 7.53. The molecule has 1 amide bonds. The zero-order valence-corrected chi connectivity index (χ0v) is 15.4. The van der Waals surface area contributed by atoms with Crippen LogP contribution in [0.1, 0.15) is 16.1 Å². The van der Waals surface area contributed by atoms with Crippen molar-refractivity contribution < 1.29 is 22.6 Å². The Balaban J connectivity index is 1.83. The Labute approximate surface area is 160 Å². The predicted octanol–water partition coefficient (Wildman–Crippen LogP) is 3.06. The summed E-state index contributed by atoms with van der Waals surface area (Å²) in [5.41, 5.74) is 1.19. The number of hydrogen-bond donors (Lipinski definition) is 2. The normalized spacial score (nSPS) is 11.2. The molecule has 3 N–H and O–H groups in total. The Morgan fingerprint density at radius 2 is 1.79 bits per heavy atom. The fraction of sp³-hybridized carbons (Fsp3) is 0.0556. The van der Waals surface area contributed by atoms with Crippen LogP contribution in [0.5, 0.6) is 0 Å². The Hall–Kier alpha value is -3.50. The summed E-state index contributed by atoms with van der Waals surface area (Å²) >= 11 is 0. The van der Waals surface area contributed by atoms with Gasteiger partial charge in [0.15, 0.2) is 5.76 Å². The highest BCUT2D eigenvalue weighted by Crippen LogP contribution is 2.32. The van der Waals surface area contributed by atoms with E-state index < -0.39 is 20.9 Å². The molecule has 0 saturated carbocycles. The number of anilines is 1. The van der Waals surface area contributed by atoms with Gasteiger partial charge in [0.05, 0.1) is 15.4 Å². The van der Waals surface area contributed by atoms with Crippen LogP contribution >= 0.6 is 0 Å². The third-order valence-electron chi connectivity index (χ3n) is 3.89. The lowest BCUT2D eigenvalue weighted by Gasteiger charge is -2.04. The molecule has 2 aromatic carbocycles. The number of rotatable bonds is 5. The number of sulfonamides is 1. The molecule has 0 aliphatic heterocycles. The fourth-order valence-electron chi connectivity index (χ4n) is 2.53. The number of aryl methyl sites for hydroxylation is 1. The Morgan fingerprint density at radius 3 is 2.39 bits per heavy atom. The third kappa shape index (κ3) is 4.08. The van der Waals surface area contributed by atoms with Crippen LogP contribution in [0.15, 0.2) is 63.9 Å². The van der Waals surface area contributed by atoms with Gasteiger partial charge in [-0.2, -0.15) is 0 Å². The molecule has 0 radical (unpaired) electrons. The van der Waals surface area contributed by atoms with Gasteiger partial charge in [-0.15, -0.1) is 0 Å². The third-order valence-corrected chi connectivity index (χ3v) is 4.82. The van der Waals surface area contributed by atoms with Crippen molar-refractivity contribution in [3.8, 4) is 11.3 Å². The molecule has 0 unspecified atom stereocenters. The van der Waals surface area contributed by atoms with Crippen LogP contribution in [0, 0.1) is 17.0 Å². The quantitative estimate of drug-likeness (QED) is 0.496. The van der Waals surface area contributed by atoms with Crippen molar-refractivity contribution in [2.24, 2.45) is 5.14 Å². The van der Waals surface area contributed by atoms with Crippen molar-refractivity contribution >= 4 is 27.3 Å². The summed E-state index contributed by atoms with van der Waals surface area (Å²) in [6.07, 6.45) is 0. The van der Waals surface area contributed by atoms with Crippen LogP contribution in [-0.4, -0.2) is 19.2 Å². The van der Waals surface area contributed by atoms with Gasteiger partial charge in [-0.3, -0.25) is 14.9 Å². The first-order valence-electron chi connectivity index (χ1n) is 7.94. The molecule has 3 aromatic rings. The Morgan fingerprint density at radius 1 is 1.11 bits per heavy atom. The first-order chi connectivity index (χ1) is 13.1. The van der Waals surface area contributed by atoms with E-state index in [0.717, 1.165) is 5.56 Å². The summed E-state index contributed by atoms with van der Waals surface area (Å²) in [6, 6.07) is 12.8. The van der Waals surface area contributed by atoms with Crippen LogP contribution in [0.2, 0.25) is 0 Å². The van der Waals surface area contributed by atoms with E-state index in [0.29, 0.717) is 5.69 Å². The van der Waals surface area contributed by atoms with E-state index >= 15 is 0 Å². The molecule has 0 aliphatic rings. The smallest absolute Gasteiger partial charge is 0.291 e. The van der Waals surface area contributed by atoms with E-state index in [2.05, 4.69) is 5.32 Å². The highest BCUT2D eigenvalue weighted by Gasteiger charge is 2.20. The lowest BCUT2D eigenvalue weighted by atomic mass is 10.1. The maximum atomic E-state index is 12.3. The molecule has 0 bridgehead atoms. The van der Waals surface area contributed by atoms with Crippen molar-refractivity contribution in [1.82, 2.24) is 0 Å². The van der Waals surface area contributed by atoms with Gasteiger partial charge in [0, 0.05) is 11.8 Å². The molecule has 9 nitrogen and oxygen atoms in total. The van der Waals surface area contributed by atoms with Gasteiger partial charge in [-0.1, -0.05) is 6.07 Å². The van der Waals surface area contributed by atoms with Crippen LogP contribution in [-0.2, 0) is 10.0 Å². The molecule has 0 spiro atoms. The molecular formula is C18H15N3O6S. The average molecular weight is 401 g/mol. The van der Waals surface area contributed by atoms with E-state index in [4.69, 9.17) is 9.56 Å². The van der Waals surface area contributed by atoms with Crippen molar-refractivity contribution in [3.05, 3.63) is 76.0 Å². The summed E-state index contributed by atoms with van der Waals surface area (Å²) < 4.78 is 28.0. The standard InChI is InChI=1S/C18H15N3O6S/c1-11-2-7-14(15(10-11)21(23)24)16-8-9-17(27-16)18(22)20-12-3-5-13(6-4-12)28(19,25)26/h2-10H,1H3,(H,20,22)(H2,19,25,26). The maximum absolute atomic E-state index is 12.3. The molecule has 0 saturated heterocycles. The number of nitrogens with one attached hydrogen (secondary N) is 1. The molecule has 0 aliphatic carbocycles. The van der Waals surface area contributed by atoms with Crippen molar-refractivity contribution in [3.63, 3.8) is 0 Å². The van der Waals surface area contributed by atoms with Crippen molar-refractivity contribution in [2.75, 3.05) is 5.32 Å². The first-order valence-corrected chi connectivity index (χ1v) is 9.49. The Bertz CT molecular complexity index is 1170. The molecule has 144 valence electrons. The molecule has 28 heavy (non-hydrogen) atoms. The van der Waals surface area contributed by atoms with Crippen molar-refractivity contribution in [2.45, 2.75) is 11.8 Å². The maximum Gasteiger partial charge on any atom is 0.291 e. The summed E-state index contributed by atoms with van der Waals surface area (Å²) in [6.45, 7) is 1.74. The molecule has 0 atom stereocenters. The topological polar surface area (TPSA) is 146 Å². The van der Waals surface area contributed by atoms with Gasteiger partial charge < -0.3 is 9.73 Å². The summed E-state index contributed by atoms with van der Waals surface area (Å²) in [4.78, 5) is 23.0. The van der Waals surface area contributed by atoms with Gasteiger partial charge in [0.25, 0.3) is 11.6 Å². The number of furan rings is 1. The summed E-state index contributed by atoms with van der Waals surface area (Å²) in [5.74, 6) is -0.466. The number of carbonyl (C=O) groups excluding carboxylic acids is 1. The monoisotopic (exact) mass is 401 g/mol. The number of nitrogens with zero attached hydrogens (tertiary/aromatic N) is 1. The highest BCUT2D eigenvalue weighted by molar-refractivity contribution is 7.89. The minimum atomic E-state index is -3.83. The largest absolute Gasteiger partial charge is 0.451 e. The minimum Gasteiger partial charge on any atom is -0.451 e. The Kier molecular flexibility index (Phi) is 4.99.